The summed E-state index contributed by atoms with van der Waals surface area (Å²) in [6.07, 6.45) is 33.9. The number of rotatable bonds is 28. The summed E-state index contributed by atoms with van der Waals surface area (Å²) in [5.41, 5.74) is 2.52. The maximum Gasteiger partial charge on any atom is 0.0341 e. The summed E-state index contributed by atoms with van der Waals surface area (Å²) in [6.45, 7) is 6.79. The molecule has 0 amide bonds. The Morgan fingerprint density at radius 1 is 0.333 bits per heavy atom. The third kappa shape index (κ3) is 22.1. The van der Waals surface area contributed by atoms with Gasteiger partial charge in [-0.25, -0.2) is 0 Å². The fourth-order valence-corrected chi connectivity index (χ4v) is 5.10. The van der Waals surface area contributed by atoms with Crippen LogP contribution in [0, 0.1) is 0 Å². The van der Waals surface area contributed by atoms with Crippen LogP contribution >= 0.6 is 0 Å². The van der Waals surface area contributed by atoms with Crippen molar-refractivity contribution in [2.24, 2.45) is 0 Å². The summed E-state index contributed by atoms with van der Waals surface area (Å²) in [5, 5.41) is 7.19. The molecule has 0 aliphatic carbocycles. The van der Waals surface area contributed by atoms with E-state index in [1.165, 1.54) is 165 Å². The Morgan fingerprint density at radius 2 is 0.556 bits per heavy atom. The zero-order chi connectivity index (χ0) is 25.8. The summed E-state index contributed by atoms with van der Waals surface area (Å²) < 4.78 is 0. The molecule has 0 radical (unpaired) electrons. The number of nitrogens with one attached hydrogen (secondary N) is 2. The first kappa shape index (κ1) is 32.8. The van der Waals surface area contributed by atoms with Gasteiger partial charge in [0.25, 0.3) is 0 Å². The van der Waals surface area contributed by atoms with Gasteiger partial charge in [0, 0.05) is 24.5 Å². The summed E-state index contributed by atoms with van der Waals surface area (Å²) in [6, 6.07) is 8.91. The van der Waals surface area contributed by atoms with Gasteiger partial charge in [0.05, 0.1) is 0 Å². The molecule has 0 atom stereocenters. The van der Waals surface area contributed by atoms with Crippen molar-refractivity contribution in [1.82, 2.24) is 0 Å². The highest BCUT2D eigenvalue weighted by atomic mass is 14.9. The third-order valence-electron chi connectivity index (χ3n) is 7.60. The molecule has 210 valence electrons. The van der Waals surface area contributed by atoms with E-state index >= 15 is 0 Å². The van der Waals surface area contributed by atoms with Gasteiger partial charge in [0.2, 0.25) is 0 Å². The zero-order valence-electron chi connectivity index (χ0n) is 24.7. The first-order chi connectivity index (χ1) is 17.9. The monoisotopic (exact) mass is 501 g/mol. The molecule has 2 N–H and O–H groups in total. The van der Waals surface area contributed by atoms with Gasteiger partial charge in [-0.1, -0.05) is 155 Å². The quantitative estimate of drug-likeness (QED) is 0.112. The van der Waals surface area contributed by atoms with Gasteiger partial charge >= 0.3 is 0 Å². The molecule has 36 heavy (non-hydrogen) atoms. The molecule has 1 rings (SSSR count). The maximum atomic E-state index is 3.60. The van der Waals surface area contributed by atoms with Crippen molar-refractivity contribution < 1.29 is 0 Å². The van der Waals surface area contributed by atoms with E-state index in [0.717, 1.165) is 13.1 Å². The third-order valence-corrected chi connectivity index (χ3v) is 7.60. The lowest BCUT2D eigenvalue weighted by molar-refractivity contribution is 0.546. The minimum absolute atomic E-state index is 1.10. The smallest absolute Gasteiger partial charge is 0.0341 e. The van der Waals surface area contributed by atoms with Crippen molar-refractivity contribution in [3.05, 3.63) is 24.3 Å². The second-order valence-electron chi connectivity index (χ2n) is 11.2. The summed E-state index contributed by atoms with van der Waals surface area (Å²) in [5.74, 6) is 0. The van der Waals surface area contributed by atoms with Crippen molar-refractivity contribution in [3.63, 3.8) is 0 Å². The highest BCUT2D eigenvalue weighted by molar-refractivity contribution is 5.53. The Balaban J connectivity index is 1.85. The van der Waals surface area contributed by atoms with Crippen LogP contribution in [0.25, 0.3) is 0 Å². The minimum Gasteiger partial charge on any atom is -0.385 e. The number of hydrogen-bond donors (Lipinski definition) is 2. The Morgan fingerprint density at radius 3 is 0.806 bits per heavy atom. The van der Waals surface area contributed by atoms with Gasteiger partial charge in [0.1, 0.15) is 0 Å². The molecule has 0 fully saturated rings. The van der Waals surface area contributed by atoms with Crippen molar-refractivity contribution in [3.8, 4) is 0 Å². The first-order valence-electron chi connectivity index (χ1n) is 16.4. The summed E-state index contributed by atoms with van der Waals surface area (Å²) in [4.78, 5) is 0. The molecule has 2 heteroatoms. The Hall–Kier alpha value is -1.18. The van der Waals surface area contributed by atoms with Crippen LogP contribution in [-0.2, 0) is 0 Å². The molecule has 0 heterocycles. The minimum atomic E-state index is 1.10. The van der Waals surface area contributed by atoms with Crippen LogP contribution in [0.4, 0.5) is 11.4 Å². The van der Waals surface area contributed by atoms with Crippen molar-refractivity contribution in [2.75, 3.05) is 23.7 Å². The fraction of sp³-hybridized carbons (Fsp3) is 0.824. The lowest BCUT2D eigenvalue weighted by atomic mass is 10.1. The molecule has 0 saturated carbocycles. The second-order valence-corrected chi connectivity index (χ2v) is 11.2. The molecule has 0 saturated heterocycles. The van der Waals surface area contributed by atoms with Gasteiger partial charge in [-0.05, 0) is 37.1 Å². The molecular formula is C34H64N2. The van der Waals surface area contributed by atoms with Crippen molar-refractivity contribution in [1.29, 1.82) is 0 Å². The molecule has 1 aromatic carbocycles. The van der Waals surface area contributed by atoms with Gasteiger partial charge in [-0.3, -0.25) is 0 Å². The van der Waals surface area contributed by atoms with E-state index in [2.05, 4.69) is 48.7 Å². The van der Waals surface area contributed by atoms with Crippen LogP contribution in [-0.4, -0.2) is 13.1 Å². The fourth-order valence-electron chi connectivity index (χ4n) is 5.10. The standard InChI is InChI=1S/C34H64N2/c1-3-5-7-9-11-13-15-17-19-21-23-25-31-35-33-27-29-34(30-28-33)36-32-26-24-22-20-18-16-14-12-10-8-6-4-2/h27-30,35-36H,3-26,31-32H2,1-2H3. The lowest BCUT2D eigenvalue weighted by Crippen LogP contribution is -2.03. The van der Waals surface area contributed by atoms with Gasteiger partial charge in [0.15, 0.2) is 0 Å². The summed E-state index contributed by atoms with van der Waals surface area (Å²) in [7, 11) is 0. The van der Waals surface area contributed by atoms with E-state index in [0.29, 0.717) is 0 Å². The van der Waals surface area contributed by atoms with E-state index in [4.69, 9.17) is 0 Å². The van der Waals surface area contributed by atoms with Gasteiger partial charge < -0.3 is 10.6 Å². The molecule has 0 bridgehead atoms. The molecule has 0 aliphatic heterocycles. The molecule has 0 aromatic heterocycles. The lowest BCUT2D eigenvalue weighted by Gasteiger charge is -2.09. The second kappa shape index (κ2) is 26.9. The van der Waals surface area contributed by atoms with E-state index in [9.17, 15) is 0 Å². The van der Waals surface area contributed by atoms with Crippen LogP contribution in [0.3, 0.4) is 0 Å². The highest BCUT2D eigenvalue weighted by Gasteiger charge is 1.97. The number of hydrogen-bond acceptors (Lipinski definition) is 2. The predicted octanol–water partition coefficient (Wildman–Crippen LogP) is 11.9. The SMILES string of the molecule is CCCCCCCCCCCCCCNc1ccc(NCCCCCCCCCCCCCC)cc1. The molecule has 1 aromatic rings. The van der Waals surface area contributed by atoms with Crippen LogP contribution in [0.1, 0.15) is 168 Å². The van der Waals surface area contributed by atoms with E-state index in [1.807, 2.05) is 0 Å². The Bertz CT molecular complexity index is 490. The van der Waals surface area contributed by atoms with Crippen LogP contribution in [0.5, 0.6) is 0 Å². The van der Waals surface area contributed by atoms with E-state index in [-0.39, 0.29) is 0 Å². The molecule has 0 unspecified atom stereocenters. The number of unbranched alkanes of at least 4 members (excludes halogenated alkanes) is 22. The zero-order valence-corrected chi connectivity index (χ0v) is 24.7. The van der Waals surface area contributed by atoms with Gasteiger partial charge in [-0.15, -0.1) is 0 Å². The highest BCUT2D eigenvalue weighted by Crippen LogP contribution is 2.16. The molecular weight excluding hydrogens is 436 g/mol. The van der Waals surface area contributed by atoms with E-state index < -0.39 is 0 Å². The first-order valence-corrected chi connectivity index (χ1v) is 16.4. The predicted molar refractivity (Wildman–Crippen MR) is 166 cm³/mol. The molecule has 0 spiro atoms. The maximum absolute atomic E-state index is 3.60. The van der Waals surface area contributed by atoms with Crippen LogP contribution in [0.2, 0.25) is 0 Å². The normalized spacial score (nSPS) is 11.2. The van der Waals surface area contributed by atoms with Crippen molar-refractivity contribution >= 4 is 11.4 Å². The van der Waals surface area contributed by atoms with Crippen LogP contribution in [0.15, 0.2) is 24.3 Å². The van der Waals surface area contributed by atoms with Crippen LogP contribution < -0.4 is 10.6 Å². The number of anilines is 2. The summed E-state index contributed by atoms with van der Waals surface area (Å²) >= 11 is 0. The Kier molecular flexibility index (Phi) is 24.5. The Labute approximate surface area is 227 Å². The van der Waals surface area contributed by atoms with E-state index in [1.54, 1.807) is 0 Å². The van der Waals surface area contributed by atoms with Gasteiger partial charge in [-0.2, -0.15) is 0 Å². The molecule has 2 nitrogen and oxygen atoms in total. The average molecular weight is 501 g/mol. The topological polar surface area (TPSA) is 24.1 Å². The largest absolute Gasteiger partial charge is 0.385 e. The average Bonchev–Trinajstić information content (AvgIpc) is 2.90. The number of benzene rings is 1. The van der Waals surface area contributed by atoms with Crippen molar-refractivity contribution in [2.45, 2.75) is 168 Å². The molecule has 0 aliphatic rings.